The number of halogens is 1. The highest BCUT2D eigenvalue weighted by molar-refractivity contribution is 7.89. The Morgan fingerprint density at radius 2 is 1.71 bits per heavy atom. The van der Waals surface area contributed by atoms with Crippen LogP contribution in [-0.4, -0.2) is 26.4 Å². The number of hydrogen-bond acceptors (Lipinski definition) is 4. The molecule has 0 aromatic heterocycles. The molecule has 2 aromatic carbocycles. The lowest BCUT2D eigenvalue weighted by atomic mass is 10.1. The summed E-state index contributed by atoms with van der Waals surface area (Å²) in [5, 5.41) is 3.92. The van der Waals surface area contributed by atoms with E-state index in [1.807, 2.05) is 0 Å². The lowest BCUT2D eigenvalue weighted by Gasteiger charge is -2.19. The van der Waals surface area contributed by atoms with Gasteiger partial charge in [-0.05, 0) is 26.0 Å². The maximum atomic E-state index is 12.6. The maximum Gasteiger partial charge on any atom is 0.241 e. The van der Waals surface area contributed by atoms with Crippen molar-refractivity contribution in [1.29, 1.82) is 0 Å². The number of sulfonamides is 1. The number of benzene rings is 2. The van der Waals surface area contributed by atoms with E-state index in [-0.39, 0.29) is 29.8 Å². The zero-order valence-electron chi connectivity index (χ0n) is 13.8. The van der Waals surface area contributed by atoms with E-state index in [4.69, 9.17) is 5.73 Å². The molecule has 0 saturated carbocycles. The standard InChI is InChI=1S/C16H21N3O3S.ClH/c1-11(20)19-14-8-9-15(13-7-5-4-6-12(13)14)23(21,22)18-10-16(2,3)17;/h4-9,18H,10,17H2,1-3H3,(H,19,20);1H. The summed E-state index contributed by atoms with van der Waals surface area (Å²) >= 11 is 0. The first kappa shape index (κ1) is 20.4. The molecule has 0 heterocycles. The van der Waals surface area contributed by atoms with E-state index in [9.17, 15) is 13.2 Å². The van der Waals surface area contributed by atoms with Gasteiger partial charge >= 0.3 is 0 Å². The fraction of sp³-hybridized carbons (Fsp3) is 0.312. The van der Waals surface area contributed by atoms with Crippen LogP contribution >= 0.6 is 12.4 Å². The molecule has 0 saturated heterocycles. The van der Waals surface area contributed by atoms with Crippen molar-refractivity contribution in [3.05, 3.63) is 36.4 Å². The molecule has 1 amide bonds. The first-order valence-electron chi connectivity index (χ1n) is 7.18. The van der Waals surface area contributed by atoms with Gasteiger partial charge in [-0.3, -0.25) is 4.79 Å². The van der Waals surface area contributed by atoms with E-state index in [0.29, 0.717) is 16.5 Å². The van der Waals surface area contributed by atoms with Crippen molar-refractivity contribution in [2.24, 2.45) is 5.73 Å². The van der Waals surface area contributed by atoms with Gasteiger partial charge in [-0.15, -0.1) is 12.4 Å². The second kappa shape index (κ2) is 7.48. The summed E-state index contributed by atoms with van der Waals surface area (Å²) in [6, 6.07) is 10.1. The second-order valence-corrected chi connectivity index (χ2v) is 7.89. The molecule has 0 fully saturated rings. The van der Waals surface area contributed by atoms with Crippen molar-refractivity contribution in [3.8, 4) is 0 Å². The highest BCUT2D eigenvalue weighted by Crippen LogP contribution is 2.29. The first-order valence-corrected chi connectivity index (χ1v) is 8.66. The monoisotopic (exact) mass is 371 g/mol. The molecule has 0 aliphatic carbocycles. The van der Waals surface area contributed by atoms with Crippen molar-refractivity contribution in [2.45, 2.75) is 31.2 Å². The molecule has 0 spiro atoms. The number of rotatable bonds is 5. The third-order valence-electron chi connectivity index (χ3n) is 3.20. The quantitative estimate of drug-likeness (QED) is 0.750. The Bertz CT molecular complexity index is 845. The van der Waals surface area contributed by atoms with Gasteiger partial charge in [-0.25, -0.2) is 13.1 Å². The second-order valence-electron chi connectivity index (χ2n) is 6.15. The zero-order chi connectivity index (χ0) is 17.3. The molecular formula is C16H22ClN3O3S. The van der Waals surface area contributed by atoms with Gasteiger partial charge in [0.1, 0.15) is 0 Å². The summed E-state index contributed by atoms with van der Waals surface area (Å²) < 4.78 is 27.7. The summed E-state index contributed by atoms with van der Waals surface area (Å²) in [5.74, 6) is -0.214. The van der Waals surface area contributed by atoms with Gasteiger partial charge in [-0.1, -0.05) is 24.3 Å². The smallest absolute Gasteiger partial charge is 0.241 e. The summed E-state index contributed by atoms with van der Waals surface area (Å²) in [6.45, 7) is 5.02. The van der Waals surface area contributed by atoms with E-state index in [1.54, 1.807) is 44.2 Å². The summed E-state index contributed by atoms with van der Waals surface area (Å²) in [7, 11) is -3.71. The van der Waals surface area contributed by atoms with Gasteiger partial charge in [0, 0.05) is 35.5 Å². The summed E-state index contributed by atoms with van der Waals surface area (Å²) in [6.07, 6.45) is 0. The molecule has 0 atom stereocenters. The Balaban J connectivity index is 0.00000288. The summed E-state index contributed by atoms with van der Waals surface area (Å²) in [4.78, 5) is 11.5. The largest absolute Gasteiger partial charge is 0.326 e. The minimum absolute atomic E-state index is 0. The lowest BCUT2D eigenvalue weighted by Crippen LogP contribution is -2.45. The lowest BCUT2D eigenvalue weighted by molar-refractivity contribution is -0.114. The van der Waals surface area contributed by atoms with Gasteiger partial charge in [0.25, 0.3) is 0 Å². The fourth-order valence-electron chi connectivity index (χ4n) is 2.16. The van der Waals surface area contributed by atoms with Gasteiger partial charge in [0.15, 0.2) is 0 Å². The number of amides is 1. The molecule has 132 valence electrons. The van der Waals surface area contributed by atoms with E-state index < -0.39 is 15.6 Å². The number of hydrogen-bond donors (Lipinski definition) is 3. The van der Waals surface area contributed by atoms with E-state index >= 15 is 0 Å². The van der Waals surface area contributed by atoms with E-state index in [2.05, 4.69) is 10.0 Å². The Hall–Kier alpha value is -1.67. The average molecular weight is 372 g/mol. The van der Waals surface area contributed by atoms with Crippen LogP contribution in [0.2, 0.25) is 0 Å². The number of carbonyl (C=O) groups excluding carboxylic acids is 1. The molecule has 0 radical (unpaired) electrons. The van der Waals surface area contributed by atoms with Crippen molar-refractivity contribution in [2.75, 3.05) is 11.9 Å². The van der Waals surface area contributed by atoms with Gasteiger partial charge < -0.3 is 11.1 Å². The molecule has 0 bridgehead atoms. The highest BCUT2D eigenvalue weighted by Gasteiger charge is 2.21. The number of carbonyl (C=O) groups is 1. The topological polar surface area (TPSA) is 101 Å². The Labute approximate surface area is 148 Å². The molecule has 6 nitrogen and oxygen atoms in total. The maximum absolute atomic E-state index is 12.6. The van der Waals surface area contributed by atoms with Crippen LogP contribution in [0.15, 0.2) is 41.3 Å². The number of nitrogens with two attached hydrogens (primary N) is 1. The normalized spacial score (nSPS) is 11.8. The molecule has 8 heteroatoms. The predicted octanol–water partition coefficient (Wildman–Crippen LogP) is 2.24. The van der Waals surface area contributed by atoms with Crippen molar-refractivity contribution in [1.82, 2.24) is 4.72 Å². The zero-order valence-corrected chi connectivity index (χ0v) is 15.4. The Kier molecular flexibility index (Phi) is 6.35. The minimum Gasteiger partial charge on any atom is -0.326 e. The third kappa shape index (κ3) is 4.91. The average Bonchev–Trinajstić information content (AvgIpc) is 2.44. The number of nitrogens with one attached hydrogen (secondary N) is 2. The predicted molar refractivity (Wildman–Crippen MR) is 99.0 cm³/mol. The SMILES string of the molecule is CC(=O)Nc1ccc(S(=O)(=O)NCC(C)(C)N)c2ccccc12.Cl. The van der Waals surface area contributed by atoms with Crippen molar-refractivity contribution in [3.63, 3.8) is 0 Å². The molecule has 0 aliphatic rings. The van der Waals surface area contributed by atoms with E-state index in [0.717, 1.165) is 0 Å². The Morgan fingerprint density at radius 1 is 1.12 bits per heavy atom. The molecule has 0 aliphatic heterocycles. The fourth-order valence-corrected chi connectivity index (χ4v) is 3.60. The van der Waals surface area contributed by atoms with Crippen molar-refractivity contribution < 1.29 is 13.2 Å². The first-order chi connectivity index (χ1) is 10.6. The molecule has 0 unspecified atom stereocenters. The van der Waals surface area contributed by atoms with Crippen LogP contribution in [0.25, 0.3) is 10.8 Å². The van der Waals surface area contributed by atoms with Gasteiger partial charge in [0.2, 0.25) is 15.9 Å². The van der Waals surface area contributed by atoms with Crippen LogP contribution in [0.4, 0.5) is 5.69 Å². The van der Waals surface area contributed by atoms with Crippen LogP contribution in [0.3, 0.4) is 0 Å². The summed E-state index contributed by atoms with van der Waals surface area (Å²) in [5.41, 5.74) is 5.76. The van der Waals surface area contributed by atoms with Crippen LogP contribution in [0, 0.1) is 0 Å². The van der Waals surface area contributed by atoms with Crippen molar-refractivity contribution >= 4 is 44.8 Å². The minimum atomic E-state index is -3.71. The number of anilines is 1. The van der Waals surface area contributed by atoms with E-state index in [1.165, 1.54) is 13.0 Å². The molecule has 24 heavy (non-hydrogen) atoms. The van der Waals surface area contributed by atoms with Crippen LogP contribution in [0.1, 0.15) is 20.8 Å². The van der Waals surface area contributed by atoms with Crippen LogP contribution in [0.5, 0.6) is 0 Å². The highest BCUT2D eigenvalue weighted by atomic mass is 35.5. The number of fused-ring (bicyclic) bond motifs is 1. The molecule has 2 aromatic rings. The van der Waals surface area contributed by atoms with Crippen LogP contribution < -0.4 is 15.8 Å². The molecule has 4 N–H and O–H groups in total. The van der Waals surface area contributed by atoms with Crippen LogP contribution in [-0.2, 0) is 14.8 Å². The van der Waals surface area contributed by atoms with Gasteiger partial charge in [0.05, 0.1) is 4.90 Å². The Morgan fingerprint density at radius 3 is 2.25 bits per heavy atom. The third-order valence-corrected chi connectivity index (χ3v) is 4.66. The molecule has 2 rings (SSSR count). The van der Waals surface area contributed by atoms with Gasteiger partial charge in [-0.2, -0.15) is 0 Å². The molecular weight excluding hydrogens is 350 g/mol.